The molecule has 2 aromatic heterocycles. The number of aromatic nitrogens is 4. The normalized spacial score (nSPS) is 17.6. The lowest BCUT2D eigenvalue weighted by molar-refractivity contribution is 0.0827. The highest BCUT2D eigenvalue weighted by atomic mass is 19.1. The topological polar surface area (TPSA) is 94.8 Å². The van der Waals surface area contributed by atoms with Crippen molar-refractivity contribution in [3.63, 3.8) is 0 Å². The van der Waals surface area contributed by atoms with E-state index in [4.69, 9.17) is 4.74 Å². The predicted molar refractivity (Wildman–Crippen MR) is 136 cm³/mol. The summed E-state index contributed by atoms with van der Waals surface area (Å²) in [7, 11) is 3.03. The van der Waals surface area contributed by atoms with Gasteiger partial charge in [-0.1, -0.05) is 6.07 Å². The lowest BCUT2D eigenvalue weighted by Gasteiger charge is -2.22. The molecule has 1 atom stereocenters. The molecule has 186 valence electrons. The fraction of sp³-hybridized carbons (Fsp3) is 0.286. The molecule has 1 aliphatic heterocycles. The Balaban J connectivity index is 1.56. The average Bonchev–Trinajstić information content (AvgIpc) is 3.66. The molecule has 4 aromatic rings. The monoisotopic (exact) mass is 497 g/mol. The van der Waals surface area contributed by atoms with Gasteiger partial charge in [0.2, 0.25) is 0 Å². The van der Waals surface area contributed by atoms with Gasteiger partial charge in [-0.2, -0.15) is 10.4 Å². The van der Waals surface area contributed by atoms with E-state index in [9.17, 15) is 14.9 Å². The zero-order valence-electron chi connectivity index (χ0n) is 20.4. The van der Waals surface area contributed by atoms with Crippen molar-refractivity contribution in [3.05, 3.63) is 92.0 Å². The van der Waals surface area contributed by atoms with Crippen molar-refractivity contribution in [1.29, 1.82) is 5.26 Å². The first kappa shape index (κ1) is 23.1. The van der Waals surface area contributed by atoms with Gasteiger partial charge in [0.05, 0.1) is 41.3 Å². The van der Waals surface area contributed by atoms with Crippen LogP contribution in [0.25, 0.3) is 27.5 Å². The van der Waals surface area contributed by atoms with Crippen LogP contribution in [-0.2, 0) is 18.8 Å². The minimum Gasteiger partial charge on any atom is -0.369 e. The Labute approximate surface area is 211 Å². The number of hydrogen-bond acceptors (Lipinski definition) is 5. The zero-order chi connectivity index (χ0) is 25.8. The second kappa shape index (κ2) is 8.68. The summed E-state index contributed by atoms with van der Waals surface area (Å²) in [5.41, 5.74) is 2.50. The summed E-state index contributed by atoms with van der Waals surface area (Å²) in [6.07, 6.45) is 8.40. The van der Waals surface area contributed by atoms with Crippen LogP contribution in [0.1, 0.15) is 48.1 Å². The van der Waals surface area contributed by atoms with Crippen LogP contribution in [0.4, 0.5) is 4.39 Å². The van der Waals surface area contributed by atoms with Gasteiger partial charge in [-0.3, -0.25) is 23.6 Å². The first-order chi connectivity index (χ1) is 17.9. The van der Waals surface area contributed by atoms with Gasteiger partial charge < -0.3 is 4.74 Å². The summed E-state index contributed by atoms with van der Waals surface area (Å²) in [5, 5.41) is 14.0. The Bertz CT molecular complexity index is 1770. The third kappa shape index (κ3) is 3.90. The van der Waals surface area contributed by atoms with Crippen LogP contribution in [0.3, 0.4) is 0 Å². The van der Waals surface area contributed by atoms with Gasteiger partial charge >= 0.3 is 0 Å². The van der Waals surface area contributed by atoms with Crippen molar-refractivity contribution in [1.82, 2.24) is 19.1 Å². The molecule has 2 aromatic carbocycles. The Morgan fingerprint density at radius 1 is 1.08 bits per heavy atom. The van der Waals surface area contributed by atoms with Crippen LogP contribution < -0.4 is 11.1 Å². The number of nitriles is 1. The number of fused-ring (bicyclic) bond motifs is 1. The number of nitrogens with zero attached hydrogens (tertiary/aromatic N) is 5. The van der Waals surface area contributed by atoms with Gasteiger partial charge in [0.15, 0.2) is 0 Å². The predicted octanol–water partition coefficient (Wildman–Crippen LogP) is 3.99. The third-order valence-corrected chi connectivity index (χ3v) is 7.27. The summed E-state index contributed by atoms with van der Waals surface area (Å²) < 4.78 is 25.7. The summed E-state index contributed by atoms with van der Waals surface area (Å²) in [4.78, 5) is 26.6. The molecule has 6 rings (SSSR count). The summed E-state index contributed by atoms with van der Waals surface area (Å²) in [6, 6.07) is 9.99. The largest absolute Gasteiger partial charge is 0.369 e. The average molecular weight is 498 g/mol. The molecule has 1 unspecified atom stereocenters. The molecule has 3 heterocycles. The molecule has 37 heavy (non-hydrogen) atoms. The minimum atomic E-state index is -0.633. The van der Waals surface area contributed by atoms with Gasteiger partial charge in [0, 0.05) is 31.4 Å². The molecular formula is C28H24FN5O3. The number of ether oxygens (including phenoxy) is 1. The Hall–Kier alpha value is -4.29. The van der Waals surface area contributed by atoms with Gasteiger partial charge in [0.25, 0.3) is 11.1 Å². The highest BCUT2D eigenvalue weighted by Crippen LogP contribution is 2.38. The van der Waals surface area contributed by atoms with E-state index in [1.807, 2.05) is 29.2 Å². The molecular weight excluding hydrogens is 473 g/mol. The van der Waals surface area contributed by atoms with E-state index in [2.05, 4.69) is 5.10 Å². The summed E-state index contributed by atoms with van der Waals surface area (Å²) in [5.74, 6) is -0.633. The Kier molecular flexibility index (Phi) is 5.42. The zero-order valence-corrected chi connectivity index (χ0v) is 20.4. The van der Waals surface area contributed by atoms with E-state index in [0.29, 0.717) is 24.6 Å². The SMILES string of the molecule is Cn1c(=O)c2cc(C3=CC(c4cnn(C5CC5)c4)OCC3)cc(-c3ccc(C#N)cc3F)c2c(=O)n1C. The molecule has 1 saturated carbocycles. The Morgan fingerprint density at radius 3 is 2.59 bits per heavy atom. The van der Waals surface area contributed by atoms with Crippen LogP contribution >= 0.6 is 0 Å². The van der Waals surface area contributed by atoms with Crippen LogP contribution in [-0.4, -0.2) is 25.8 Å². The third-order valence-electron chi connectivity index (χ3n) is 7.27. The van der Waals surface area contributed by atoms with Gasteiger partial charge in [-0.05, 0) is 66.3 Å². The van der Waals surface area contributed by atoms with Crippen molar-refractivity contribution >= 4 is 16.3 Å². The maximum Gasteiger partial charge on any atom is 0.273 e. The first-order valence-corrected chi connectivity index (χ1v) is 12.2. The van der Waals surface area contributed by atoms with Gasteiger partial charge in [-0.15, -0.1) is 0 Å². The maximum absolute atomic E-state index is 15.2. The molecule has 0 spiro atoms. The molecule has 1 aliphatic carbocycles. The van der Waals surface area contributed by atoms with Crippen molar-refractivity contribution in [2.75, 3.05) is 6.61 Å². The van der Waals surface area contributed by atoms with E-state index >= 15 is 4.39 Å². The number of rotatable bonds is 4. The van der Waals surface area contributed by atoms with Crippen molar-refractivity contribution < 1.29 is 9.13 Å². The van der Waals surface area contributed by atoms with Crippen LogP contribution in [0.15, 0.2) is 58.4 Å². The van der Waals surface area contributed by atoms with E-state index in [1.165, 1.54) is 35.6 Å². The smallest absolute Gasteiger partial charge is 0.273 e. The Morgan fingerprint density at radius 2 is 1.86 bits per heavy atom. The minimum absolute atomic E-state index is 0.146. The van der Waals surface area contributed by atoms with E-state index in [1.54, 1.807) is 12.1 Å². The second-order valence-electron chi connectivity index (χ2n) is 9.63. The fourth-order valence-electron chi connectivity index (χ4n) is 4.93. The quantitative estimate of drug-likeness (QED) is 0.425. The molecule has 2 aliphatic rings. The fourth-order valence-corrected chi connectivity index (χ4v) is 4.93. The summed E-state index contributed by atoms with van der Waals surface area (Å²) >= 11 is 0. The van der Waals surface area contributed by atoms with E-state index in [-0.39, 0.29) is 33.6 Å². The van der Waals surface area contributed by atoms with Crippen molar-refractivity contribution in [3.8, 4) is 17.2 Å². The molecule has 0 radical (unpaired) electrons. The van der Waals surface area contributed by atoms with Crippen LogP contribution in [0, 0.1) is 17.1 Å². The molecule has 1 fully saturated rings. The first-order valence-electron chi connectivity index (χ1n) is 12.2. The van der Waals surface area contributed by atoms with Crippen molar-refractivity contribution in [2.24, 2.45) is 14.1 Å². The molecule has 0 saturated heterocycles. The number of benzene rings is 2. The molecule has 0 N–H and O–H groups in total. The maximum atomic E-state index is 15.2. The van der Waals surface area contributed by atoms with Gasteiger partial charge in [0.1, 0.15) is 11.9 Å². The number of halogens is 1. The van der Waals surface area contributed by atoms with Crippen molar-refractivity contribution in [2.45, 2.75) is 31.4 Å². The van der Waals surface area contributed by atoms with Crippen LogP contribution in [0.5, 0.6) is 0 Å². The highest BCUT2D eigenvalue weighted by Gasteiger charge is 2.27. The second-order valence-corrected chi connectivity index (χ2v) is 9.63. The van der Waals surface area contributed by atoms with Gasteiger partial charge in [-0.25, -0.2) is 4.39 Å². The molecule has 9 heteroatoms. The molecule has 8 nitrogen and oxygen atoms in total. The van der Waals surface area contributed by atoms with E-state index in [0.717, 1.165) is 35.6 Å². The molecule has 0 amide bonds. The summed E-state index contributed by atoms with van der Waals surface area (Å²) in [6.45, 7) is 0.471. The lowest BCUT2D eigenvalue weighted by Crippen LogP contribution is -2.35. The molecule has 0 bridgehead atoms. The van der Waals surface area contributed by atoms with E-state index < -0.39 is 11.4 Å². The lowest BCUT2D eigenvalue weighted by atomic mass is 9.91. The highest BCUT2D eigenvalue weighted by molar-refractivity contribution is 5.98. The van der Waals surface area contributed by atoms with Crippen LogP contribution in [0.2, 0.25) is 0 Å². The standard InChI is InChI=1S/C28H24FN5O3/c1-32-27(35)23-11-18(17-7-8-37-25(12-17)19-14-31-34(15-19)20-4-5-20)10-22(26(23)28(36)33(32)2)21-6-3-16(13-30)9-24(21)29/h3,6,9-12,14-15,20,25H,4-5,7-8H2,1-2H3. The number of hydrogen-bond donors (Lipinski definition) is 0.